The van der Waals surface area contributed by atoms with E-state index in [0.717, 1.165) is 12.1 Å². The van der Waals surface area contributed by atoms with E-state index in [1.807, 2.05) is 0 Å². The lowest BCUT2D eigenvalue weighted by molar-refractivity contribution is -0.0498. The van der Waals surface area contributed by atoms with Gasteiger partial charge in [-0.05, 0) is 24.2 Å². The fourth-order valence-electron chi connectivity index (χ4n) is 0.620. The van der Waals surface area contributed by atoms with Crippen LogP contribution in [0.25, 0.3) is 0 Å². The van der Waals surface area contributed by atoms with Crippen LogP contribution in [0.2, 0.25) is 0 Å². The van der Waals surface area contributed by atoms with Crippen molar-refractivity contribution in [2.45, 2.75) is 6.61 Å². The van der Waals surface area contributed by atoms with Crippen LogP contribution in [-0.2, 0) is 0 Å². The van der Waals surface area contributed by atoms with Gasteiger partial charge in [0.2, 0.25) is 0 Å². The average molecular weight is 174 g/mol. The number of hydrogen-bond donors (Lipinski definition) is 0. The fraction of sp³-hybridized carbons (Fsp3) is 0.125. The Morgan fingerprint density at radius 2 is 2.08 bits per heavy atom. The van der Waals surface area contributed by atoms with Crippen molar-refractivity contribution in [1.82, 2.24) is 0 Å². The summed E-state index contributed by atoms with van der Waals surface area (Å²) in [5.74, 6) is -0.291. The molecule has 0 bridgehead atoms. The number of ether oxygens (including phenoxy) is 1. The van der Waals surface area contributed by atoms with Gasteiger partial charge >= 0.3 is 6.61 Å². The molecular formula is C8H6F2O2. The molecule has 64 valence electrons. The van der Waals surface area contributed by atoms with E-state index in [9.17, 15) is 13.6 Å². The highest BCUT2D eigenvalue weighted by atomic mass is 19.3. The minimum atomic E-state index is -3.00. The first-order chi connectivity index (χ1) is 6.54. The van der Waals surface area contributed by atoms with E-state index >= 15 is 0 Å². The number of rotatable bonds is 3. The second kappa shape index (κ2) is 3.80. The van der Waals surface area contributed by atoms with Crippen molar-refractivity contribution in [2.75, 3.05) is 0 Å². The van der Waals surface area contributed by atoms with Crippen LogP contribution in [0, 0.1) is 0 Å². The Labute approximate surface area is 70.6 Å². The quantitative estimate of drug-likeness (QED) is 0.656. The summed E-state index contributed by atoms with van der Waals surface area (Å²) in [6.45, 7) is -3.00. The minimum Gasteiger partial charge on any atom is -0.435 e. The van der Waals surface area contributed by atoms with Gasteiger partial charge in [-0.15, -0.1) is 0 Å². The van der Waals surface area contributed by atoms with Crippen LogP contribution in [0.5, 0.6) is 5.75 Å². The average Bonchev–Trinajstić information content (AvgIpc) is 2.01. The normalized spacial score (nSPS) is 12.2. The molecule has 0 aromatic heterocycles. The Hall–Kier alpha value is -1.45. The molecule has 1 aromatic carbocycles. The van der Waals surface area contributed by atoms with Gasteiger partial charge in [0.15, 0.2) is 0 Å². The molecule has 0 fully saturated rings. The fourth-order valence-corrected chi connectivity index (χ4v) is 0.620. The van der Waals surface area contributed by atoms with Crippen LogP contribution in [-0.4, -0.2) is 12.9 Å². The van der Waals surface area contributed by atoms with Crippen molar-refractivity contribution < 1.29 is 21.1 Å². The molecule has 1 aromatic rings. The summed E-state index contributed by atoms with van der Waals surface area (Å²) in [6.07, 6.45) is 0.330. The third-order valence-electron chi connectivity index (χ3n) is 1.08. The van der Waals surface area contributed by atoms with Crippen LogP contribution in [0.15, 0.2) is 24.2 Å². The van der Waals surface area contributed by atoms with Gasteiger partial charge in [-0.3, -0.25) is 4.79 Å². The lowest BCUT2D eigenvalue weighted by atomic mass is 10.2. The number of carbonyl (C=O) groups excluding carboxylic acids is 1. The van der Waals surface area contributed by atoms with E-state index in [-0.39, 0.29) is 23.4 Å². The maximum Gasteiger partial charge on any atom is 0.387 e. The van der Waals surface area contributed by atoms with Crippen LogP contribution >= 0.6 is 0 Å². The zero-order chi connectivity index (χ0) is 10.7. The molecule has 12 heavy (non-hydrogen) atoms. The molecule has 0 spiro atoms. The molecule has 0 unspecified atom stereocenters. The Bertz CT molecular complexity index is 332. The van der Waals surface area contributed by atoms with Crippen LogP contribution < -0.4 is 4.74 Å². The van der Waals surface area contributed by atoms with E-state index in [1.54, 1.807) is 0 Å². The Morgan fingerprint density at radius 3 is 2.50 bits per heavy atom. The van der Waals surface area contributed by atoms with Crippen LogP contribution in [0.3, 0.4) is 0 Å². The number of alkyl halides is 2. The summed E-state index contributed by atoms with van der Waals surface area (Å²) in [6, 6.07) is 1.33. The smallest absolute Gasteiger partial charge is 0.387 e. The molecule has 1 rings (SSSR count). The van der Waals surface area contributed by atoms with Crippen molar-refractivity contribution in [2.24, 2.45) is 0 Å². The van der Waals surface area contributed by atoms with E-state index in [4.69, 9.17) is 2.74 Å². The predicted octanol–water partition coefficient (Wildman–Crippen LogP) is 2.10. The molecule has 0 atom stereocenters. The predicted molar refractivity (Wildman–Crippen MR) is 38.5 cm³/mol. The van der Waals surface area contributed by atoms with Crippen molar-refractivity contribution in [1.29, 1.82) is 0 Å². The van der Waals surface area contributed by atoms with E-state index < -0.39 is 6.61 Å². The Balaban J connectivity index is 3.07. The Kier molecular flexibility index (Phi) is 1.94. The van der Waals surface area contributed by atoms with Crippen LogP contribution in [0.4, 0.5) is 8.78 Å². The first-order valence-electron chi connectivity index (χ1n) is 4.06. The third-order valence-corrected chi connectivity index (χ3v) is 1.08. The van der Waals surface area contributed by atoms with Crippen molar-refractivity contribution in [3.63, 3.8) is 0 Å². The summed E-state index contributed by atoms with van der Waals surface area (Å²) in [4.78, 5) is 10.4. The summed E-state index contributed by atoms with van der Waals surface area (Å²) < 4.78 is 41.9. The lowest BCUT2D eigenvalue weighted by Crippen LogP contribution is -2.01. The molecule has 0 heterocycles. The summed E-state index contributed by atoms with van der Waals surface area (Å²) in [5.41, 5.74) is -0.147. The number of benzene rings is 1. The van der Waals surface area contributed by atoms with Gasteiger partial charge in [0.1, 0.15) is 12.0 Å². The highest BCUT2D eigenvalue weighted by molar-refractivity contribution is 5.74. The highest BCUT2D eigenvalue weighted by Gasteiger charge is 2.02. The molecule has 0 aliphatic rings. The number of halogens is 2. The second-order valence-corrected chi connectivity index (χ2v) is 1.89. The van der Waals surface area contributed by atoms with Gasteiger partial charge in [0.25, 0.3) is 0 Å². The van der Waals surface area contributed by atoms with E-state index in [1.165, 1.54) is 0 Å². The first kappa shape index (κ1) is 6.11. The monoisotopic (exact) mass is 174 g/mol. The first-order valence-corrected chi connectivity index (χ1v) is 3.06. The molecule has 2 nitrogen and oxygen atoms in total. The van der Waals surface area contributed by atoms with Crippen molar-refractivity contribution in [3.05, 3.63) is 29.8 Å². The van der Waals surface area contributed by atoms with Gasteiger partial charge < -0.3 is 4.74 Å². The number of hydrogen-bond acceptors (Lipinski definition) is 2. The maximum absolute atomic E-state index is 11.8. The van der Waals surface area contributed by atoms with E-state index in [2.05, 4.69) is 4.74 Å². The SMILES string of the molecule is [2H]c1cc(OC(F)F)cc([2H])c1C=O. The van der Waals surface area contributed by atoms with Crippen molar-refractivity contribution >= 4 is 6.29 Å². The molecular weight excluding hydrogens is 166 g/mol. The zero-order valence-corrected chi connectivity index (χ0v) is 5.88. The lowest BCUT2D eigenvalue weighted by Gasteiger charge is -2.02. The molecule has 4 heteroatoms. The number of carbonyl (C=O) groups is 1. The van der Waals surface area contributed by atoms with Gasteiger partial charge in [0.05, 0.1) is 2.74 Å². The molecule has 0 aliphatic heterocycles. The zero-order valence-electron chi connectivity index (χ0n) is 7.88. The molecule has 0 saturated carbocycles. The molecule has 0 aliphatic carbocycles. The maximum atomic E-state index is 11.8. The third kappa shape index (κ3) is 2.30. The summed E-state index contributed by atoms with van der Waals surface area (Å²) in [5, 5.41) is 0. The summed E-state index contributed by atoms with van der Waals surface area (Å²) >= 11 is 0. The standard InChI is InChI=1S/C8H6F2O2/c9-8(10)12-7-3-1-6(5-11)2-4-7/h1-5,8H/i1D,2D. The van der Waals surface area contributed by atoms with Crippen molar-refractivity contribution in [3.8, 4) is 5.75 Å². The second-order valence-electron chi connectivity index (χ2n) is 1.89. The highest BCUT2D eigenvalue weighted by Crippen LogP contribution is 2.13. The minimum absolute atomic E-state index is 0.147. The number of aldehydes is 1. The van der Waals surface area contributed by atoms with Crippen LogP contribution in [0.1, 0.15) is 13.1 Å². The molecule has 0 amide bonds. The summed E-state index contributed by atoms with van der Waals surface area (Å²) in [7, 11) is 0. The molecule has 0 saturated heterocycles. The van der Waals surface area contributed by atoms with E-state index in [0.29, 0.717) is 6.29 Å². The van der Waals surface area contributed by atoms with Gasteiger partial charge in [-0.2, -0.15) is 8.78 Å². The largest absolute Gasteiger partial charge is 0.435 e. The van der Waals surface area contributed by atoms with Gasteiger partial charge in [0, 0.05) is 5.56 Å². The molecule has 0 N–H and O–H groups in total. The topological polar surface area (TPSA) is 26.3 Å². The molecule has 0 radical (unpaired) electrons. The Morgan fingerprint density at radius 1 is 1.50 bits per heavy atom. The van der Waals surface area contributed by atoms with Gasteiger partial charge in [-0.25, -0.2) is 0 Å². The van der Waals surface area contributed by atoms with Gasteiger partial charge in [-0.1, -0.05) is 0 Å².